The maximum Gasteiger partial charge on any atom is 0.416 e. The van der Waals surface area contributed by atoms with Crippen LogP contribution in [-0.4, -0.2) is 75.2 Å². The van der Waals surface area contributed by atoms with Gasteiger partial charge in [0.25, 0.3) is 0 Å². The molecule has 65 heavy (non-hydrogen) atoms. The Hall–Kier alpha value is -5.04. The second-order valence-electron chi connectivity index (χ2n) is 15.7. The molecule has 2 saturated heterocycles. The van der Waals surface area contributed by atoms with Gasteiger partial charge in [0, 0.05) is 94.7 Å². The van der Waals surface area contributed by atoms with E-state index in [0.717, 1.165) is 87.4 Å². The van der Waals surface area contributed by atoms with Gasteiger partial charge in [-0.2, -0.15) is 13.2 Å². The van der Waals surface area contributed by atoms with E-state index in [1.807, 2.05) is 71.6 Å². The fourth-order valence-corrected chi connectivity index (χ4v) is 8.07. The molecule has 0 aromatic heterocycles. The summed E-state index contributed by atoms with van der Waals surface area (Å²) in [5.74, 6) is 0.740. The van der Waals surface area contributed by atoms with E-state index < -0.39 is 11.7 Å². The Morgan fingerprint density at radius 3 is 1.28 bits per heavy atom. The number of anilines is 2. The van der Waals surface area contributed by atoms with Gasteiger partial charge in [-0.1, -0.05) is 84.4 Å². The molecule has 2 aliphatic rings. The topological polar surface area (TPSA) is 31.4 Å². The molecule has 6 aromatic carbocycles. The van der Waals surface area contributed by atoms with Gasteiger partial charge < -0.3 is 19.3 Å². The SMILES string of the molecule is Cl.Cl.Fc1ccc(OC(CCN2CCN(c3cccc(C(F)(F)F)c3)CC2)c2ccccc2)cc1.Fc1ccc(OC(CCN2CCN(c3cccc(Cl)c3)CC2)c2ccccc2)cc1. The second-order valence-corrected chi connectivity index (χ2v) is 16.1. The van der Waals surface area contributed by atoms with E-state index in [0.29, 0.717) is 30.3 Å². The van der Waals surface area contributed by atoms with Crippen molar-refractivity contribution in [1.82, 2.24) is 9.80 Å². The number of hydrogen-bond acceptors (Lipinski definition) is 6. The molecular weight excluding hydrogens is 902 g/mol. The van der Waals surface area contributed by atoms with Crippen molar-refractivity contribution in [2.75, 3.05) is 75.2 Å². The zero-order valence-electron chi connectivity index (χ0n) is 35.8. The van der Waals surface area contributed by atoms with E-state index in [2.05, 4.69) is 32.9 Å². The van der Waals surface area contributed by atoms with Gasteiger partial charge >= 0.3 is 6.18 Å². The number of alkyl halides is 3. The molecule has 2 atom stereocenters. The lowest BCUT2D eigenvalue weighted by Crippen LogP contribution is -2.47. The quantitative estimate of drug-likeness (QED) is 0.101. The smallest absolute Gasteiger partial charge is 0.416 e. The third kappa shape index (κ3) is 15.5. The molecule has 0 aliphatic carbocycles. The number of benzene rings is 6. The van der Waals surface area contributed by atoms with E-state index in [1.165, 1.54) is 42.1 Å². The van der Waals surface area contributed by atoms with Crippen LogP contribution in [0.15, 0.2) is 158 Å². The Balaban J connectivity index is 0.000000238. The lowest BCUT2D eigenvalue weighted by Gasteiger charge is -2.37. The fraction of sp³-hybridized carbons (Fsp3) is 0.294. The summed E-state index contributed by atoms with van der Waals surface area (Å²) in [6, 6.07) is 46.0. The average molecular weight is 956 g/mol. The van der Waals surface area contributed by atoms with Crippen LogP contribution in [0.4, 0.5) is 33.3 Å². The minimum Gasteiger partial charge on any atom is -0.486 e. The third-order valence-corrected chi connectivity index (χ3v) is 11.6. The lowest BCUT2D eigenvalue weighted by atomic mass is 10.1. The normalized spacial score (nSPS) is 15.4. The average Bonchev–Trinajstić information content (AvgIpc) is 3.31. The van der Waals surface area contributed by atoms with Gasteiger partial charge in [0.15, 0.2) is 0 Å². The molecule has 6 nitrogen and oxygen atoms in total. The molecule has 8 rings (SSSR count). The van der Waals surface area contributed by atoms with E-state index in [9.17, 15) is 22.0 Å². The standard InChI is InChI=1S/C26H26F4N2O.C25H26ClFN2O.2ClH/c27-22-9-11-24(12-10-22)33-25(20-5-2-1-3-6-20)13-14-31-15-17-32(18-16-31)23-8-4-7-21(19-23)26(28,29)30;26-21-7-4-8-23(19-21)29-17-15-28(16-18-29)14-13-25(20-5-2-1-3-6-20)30-24-11-9-22(27)10-12-24;;/h1-12,19,25H,13-18H2;1-12,19,25H,13-18H2;2*1H. The molecule has 6 aromatic rings. The molecule has 0 bridgehead atoms. The third-order valence-electron chi connectivity index (χ3n) is 11.4. The first kappa shape index (κ1) is 51.0. The van der Waals surface area contributed by atoms with Crippen molar-refractivity contribution >= 4 is 47.8 Å². The van der Waals surface area contributed by atoms with Crippen LogP contribution in [0.5, 0.6) is 11.5 Å². The minimum absolute atomic E-state index is 0. The predicted octanol–water partition coefficient (Wildman–Crippen LogP) is 12.8. The molecule has 14 heteroatoms. The van der Waals surface area contributed by atoms with Gasteiger partial charge in [-0.3, -0.25) is 9.80 Å². The molecule has 2 fully saturated rings. The molecule has 2 heterocycles. The van der Waals surface area contributed by atoms with Gasteiger partial charge in [0.2, 0.25) is 0 Å². The maximum absolute atomic E-state index is 13.3. The van der Waals surface area contributed by atoms with Crippen LogP contribution in [0.1, 0.15) is 41.7 Å². The number of hydrogen-bond donors (Lipinski definition) is 0. The van der Waals surface area contributed by atoms with Crippen LogP contribution in [0.3, 0.4) is 0 Å². The van der Waals surface area contributed by atoms with Crippen molar-refractivity contribution in [3.8, 4) is 11.5 Å². The van der Waals surface area contributed by atoms with Crippen LogP contribution >= 0.6 is 36.4 Å². The Morgan fingerprint density at radius 1 is 0.477 bits per heavy atom. The first-order valence-electron chi connectivity index (χ1n) is 21.4. The molecule has 2 aliphatic heterocycles. The summed E-state index contributed by atoms with van der Waals surface area (Å²) in [5.41, 5.74) is 3.35. The molecule has 0 radical (unpaired) electrons. The summed E-state index contributed by atoms with van der Waals surface area (Å²) in [5, 5.41) is 0.776. The Kier molecular flexibility index (Phi) is 19.6. The fourth-order valence-electron chi connectivity index (χ4n) is 7.89. The zero-order valence-corrected chi connectivity index (χ0v) is 38.2. The molecule has 2 unspecified atom stereocenters. The first-order valence-corrected chi connectivity index (χ1v) is 21.8. The maximum atomic E-state index is 13.3. The number of ether oxygens (including phenoxy) is 2. The highest BCUT2D eigenvalue weighted by Crippen LogP contribution is 2.33. The molecule has 346 valence electrons. The van der Waals surface area contributed by atoms with Crippen molar-refractivity contribution in [3.05, 3.63) is 191 Å². The molecule has 0 amide bonds. The van der Waals surface area contributed by atoms with Crippen molar-refractivity contribution in [2.24, 2.45) is 0 Å². The van der Waals surface area contributed by atoms with Gasteiger partial charge in [-0.05, 0) is 96.1 Å². The van der Waals surface area contributed by atoms with Gasteiger partial charge in [-0.15, -0.1) is 24.8 Å². The first-order chi connectivity index (χ1) is 30.6. The van der Waals surface area contributed by atoms with Crippen LogP contribution in [0.25, 0.3) is 0 Å². The van der Waals surface area contributed by atoms with E-state index >= 15 is 0 Å². The minimum atomic E-state index is -4.34. The number of halogens is 8. The summed E-state index contributed by atoms with van der Waals surface area (Å²) in [6.07, 6.45) is -2.97. The Bertz CT molecular complexity index is 2280. The van der Waals surface area contributed by atoms with Crippen molar-refractivity contribution in [3.63, 3.8) is 0 Å². The predicted molar refractivity (Wildman–Crippen MR) is 256 cm³/mol. The number of piperazine rings is 2. The molecular formula is C51H54Cl3F5N4O2. The van der Waals surface area contributed by atoms with Crippen LogP contribution < -0.4 is 19.3 Å². The van der Waals surface area contributed by atoms with E-state index in [1.54, 1.807) is 30.3 Å². The highest BCUT2D eigenvalue weighted by molar-refractivity contribution is 6.30. The van der Waals surface area contributed by atoms with Crippen molar-refractivity contribution < 1.29 is 31.4 Å². The van der Waals surface area contributed by atoms with E-state index in [-0.39, 0.29) is 48.7 Å². The Labute approximate surface area is 396 Å². The summed E-state index contributed by atoms with van der Waals surface area (Å²) in [6.45, 7) is 8.55. The number of rotatable bonds is 14. The summed E-state index contributed by atoms with van der Waals surface area (Å²) in [7, 11) is 0. The van der Waals surface area contributed by atoms with Crippen molar-refractivity contribution in [1.29, 1.82) is 0 Å². The van der Waals surface area contributed by atoms with Gasteiger partial charge in [-0.25, -0.2) is 8.78 Å². The second kappa shape index (κ2) is 25.0. The summed E-state index contributed by atoms with van der Waals surface area (Å²) < 4.78 is 78.0. The molecule has 0 spiro atoms. The van der Waals surface area contributed by atoms with Gasteiger partial charge in [0.05, 0.1) is 5.56 Å². The molecule has 0 saturated carbocycles. The van der Waals surface area contributed by atoms with Crippen molar-refractivity contribution in [2.45, 2.75) is 31.2 Å². The Morgan fingerprint density at radius 2 is 0.877 bits per heavy atom. The zero-order chi connectivity index (χ0) is 44.0. The molecule has 0 N–H and O–H groups in total. The van der Waals surface area contributed by atoms with Crippen LogP contribution in [0.2, 0.25) is 5.02 Å². The highest BCUT2D eigenvalue weighted by atomic mass is 35.5. The lowest BCUT2D eigenvalue weighted by molar-refractivity contribution is -0.137. The number of nitrogens with zero attached hydrogens (tertiary/aromatic N) is 4. The van der Waals surface area contributed by atoms with Crippen LogP contribution in [0, 0.1) is 11.6 Å². The largest absolute Gasteiger partial charge is 0.486 e. The highest BCUT2D eigenvalue weighted by Gasteiger charge is 2.31. The van der Waals surface area contributed by atoms with E-state index in [4.69, 9.17) is 21.1 Å². The van der Waals surface area contributed by atoms with Gasteiger partial charge in [0.1, 0.15) is 35.3 Å². The summed E-state index contributed by atoms with van der Waals surface area (Å²) in [4.78, 5) is 9.15. The monoisotopic (exact) mass is 954 g/mol. The van der Waals surface area contributed by atoms with Crippen LogP contribution in [-0.2, 0) is 6.18 Å². The summed E-state index contributed by atoms with van der Waals surface area (Å²) >= 11 is 6.14.